The number of hydrogen-bond acceptors (Lipinski definition) is 3. The van der Waals surface area contributed by atoms with Crippen LogP contribution < -0.4 is 5.32 Å². The van der Waals surface area contributed by atoms with Crippen LogP contribution in [0.1, 0.15) is 13.8 Å². The highest BCUT2D eigenvalue weighted by Gasteiger charge is 2.31. The van der Waals surface area contributed by atoms with E-state index in [-0.39, 0.29) is 11.4 Å². The molecule has 1 fully saturated rings. The first-order valence-corrected chi connectivity index (χ1v) is 7.43. The summed E-state index contributed by atoms with van der Waals surface area (Å²) in [5.74, 6) is 0.0250. The van der Waals surface area contributed by atoms with Crippen LogP contribution in [0.3, 0.4) is 0 Å². The highest BCUT2D eigenvalue weighted by Crippen LogP contribution is 2.19. The lowest BCUT2D eigenvalue weighted by Crippen LogP contribution is -2.55. The third-order valence-corrected chi connectivity index (χ3v) is 3.93. The molecule has 1 heterocycles. The maximum Gasteiger partial charge on any atom is 0.238 e. The first-order valence-electron chi connectivity index (χ1n) is 6.35. The van der Waals surface area contributed by atoms with E-state index < -0.39 is 0 Å². The van der Waals surface area contributed by atoms with Crippen LogP contribution in [0.25, 0.3) is 0 Å². The minimum absolute atomic E-state index is 0.0250. The monoisotopic (exact) mass is 374 g/mol. The van der Waals surface area contributed by atoms with Crippen molar-refractivity contribution in [1.82, 2.24) is 4.90 Å². The number of hydrogen-bond donors (Lipinski definition) is 1. The molecule has 104 valence electrons. The second-order valence-electron chi connectivity index (χ2n) is 5.35. The average molecular weight is 374 g/mol. The Kier molecular flexibility index (Phi) is 4.81. The molecule has 19 heavy (non-hydrogen) atoms. The number of benzene rings is 1. The standard InChI is InChI=1S/C14H19IN2O2/c1-14(2)10-19-7-6-17(14)9-13(18)16-12-5-3-4-11(15)8-12/h3-5,8H,6-7,9-10H2,1-2H3,(H,16,18). The van der Waals surface area contributed by atoms with Gasteiger partial charge in [-0.15, -0.1) is 0 Å². The summed E-state index contributed by atoms with van der Waals surface area (Å²) in [6.45, 7) is 6.77. The van der Waals surface area contributed by atoms with E-state index in [9.17, 15) is 4.79 Å². The van der Waals surface area contributed by atoms with E-state index in [1.165, 1.54) is 0 Å². The lowest BCUT2D eigenvalue weighted by atomic mass is 10.0. The molecule has 2 rings (SSSR count). The average Bonchev–Trinajstić information content (AvgIpc) is 2.32. The van der Waals surface area contributed by atoms with Gasteiger partial charge in [-0.2, -0.15) is 0 Å². The van der Waals surface area contributed by atoms with E-state index in [2.05, 4.69) is 46.7 Å². The normalized spacial score (nSPS) is 19.1. The van der Waals surface area contributed by atoms with Crippen molar-refractivity contribution < 1.29 is 9.53 Å². The molecule has 5 heteroatoms. The molecular weight excluding hydrogens is 355 g/mol. The fraction of sp³-hybridized carbons (Fsp3) is 0.500. The molecule has 1 aliphatic rings. The van der Waals surface area contributed by atoms with Crippen molar-refractivity contribution in [1.29, 1.82) is 0 Å². The molecule has 1 N–H and O–H groups in total. The summed E-state index contributed by atoms with van der Waals surface area (Å²) in [6.07, 6.45) is 0. The number of morpholine rings is 1. The van der Waals surface area contributed by atoms with Crippen molar-refractivity contribution in [3.05, 3.63) is 27.8 Å². The van der Waals surface area contributed by atoms with Gasteiger partial charge >= 0.3 is 0 Å². The molecule has 1 aromatic rings. The zero-order valence-electron chi connectivity index (χ0n) is 11.3. The van der Waals surface area contributed by atoms with E-state index >= 15 is 0 Å². The van der Waals surface area contributed by atoms with Crippen LogP contribution in [0.5, 0.6) is 0 Å². The lowest BCUT2D eigenvalue weighted by molar-refractivity contribution is -0.122. The van der Waals surface area contributed by atoms with Crippen LogP contribution in [-0.4, -0.2) is 42.6 Å². The minimum Gasteiger partial charge on any atom is -0.378 e. The molecule has 1 aliphatic heterocycles. The zero-order chi connectivity index (χ0) is 13.9. The summed E-state index contributed by atoms with van der Waals surface area (Å²) in [4.78, 5) is 14.3. The van der Waals surface area contributed by atoms with Gasteiger partial charge in [0.05, 0.1) is 19.8 Å². The van der Waals surface area contributed by atoms with Crippen molar-refractivity contribution in [3.8, 4) is 0 Å². The van der Waals surface area contributed by atoms with Gasteiger partial charge < -0.3 is 10.1 Å². The third-order valence-electron chi connectivity index (χ3n) is 3.26. The van der Waals surface area contributed by atoms with Crippen molar-refractivity contribution >= 4 is 34.2 Å². The van der Waals surface area contributed by atoms with Crippen molar-refractivity contribution in [2.24, 2.45) is 0 Å². The quantitative estimate of drug-likeness (QED) is 0.826. The van der Waals surface area contributed by atoms with Crippen LogP contribution in [0.4, 0.5) is 5.69 Å². The Morgan fingerprint density at radius 2 is 2.32 bits per heavy atom. The summed E-state index contributed by atoms with van der Waals surface area (Å²) in [7, 11) is 0. The molecule has 1 aromatic carbocycles. The van der Waals surface area contributed by atoms with E-state index in [0.29, 0.717) is 19.8 Å². The van der Waals surface area contributed by atoms with Crippen LogP contribution in [0.2, 0.25) is 0 Å². The van der Waals surface area contributed by atoms with Gasteiger partial charge in [0.2, 0.25) is 5.91 Å². The highest BCUT2D eigenvalue weighted by molar-refractivity contribution is 14.1. The molecule has 0 atom stereocenters. The number of carbonyl (C=O) groups excluding carboxylic acids is 1. The highest BCUT2D eigenvalue weighted by atomic mass is 127. The van der Waals surface area contributed by atoms with Gasteiger partial charge in [0.1, 0.15) is 0 Å². The zero-order valence-corrected chi connectivity index (χ0v) is 13.4. The Morgan fingerprint density at radius 3 is 3.00 bits per heavy atom. The van der Waals surface area contributed by atoms with Crippen LogP contribution in [-0.2, 0) is 9.53 Å². The smallest absolute Gasteiger partial charge is 0.238 e. The van der Waals surface area contributed by atoms with Gasteiger partial charge in [0.25, 0.3) is 0 Å². The van der Waals surface area contributed by atoms with Crippen LogP contribution in [0.15, 0.2) is 24.3 Å². The summed E-state index contributed by atoms with van der Waals surface area (Å²) < 4.78 is 6.57. The predicted molar refractivity (Wildman–Crippen MR) is 84.3 cm³/mol. The van der Waals surface area contributed by atoms with Gasteiger partial charge in [-0.1, -0.05) is 6.07 Å². The Morgan fingerprint density at radius 1 is 1.53 bits per heavy atom. The van der Waals surface area contributed by atoms with E-state index in [0.717, 1.165) is 15.8 Å². The molecule has 1 saturated heterocycles. The first kappa shape index (κ1) is 14.7. The number of halogens is 1. The summed E-state index contributed by atoms with van der Waals surface area (Å²) in [5.41, 5.74) is 0.767. The number of rotatable bonds is 3. The Balaban J connectivity index is 1.94. The molecule has 0 aliphatic carbocycles. The maximum absolute atomic E-state index is 12.1. The topological polar surface area (TPSA) is 41.6 Å². The fourth-order valence-electron chi connectivity index (χ4n) is 2.12. The van der Waals surface area contributed by atoms with Gasteiger partial charge in [-0.3, -0.25) is 9.69 Å². The summed E-state index contributed by atoms with van der Waals surface area (Å²) in [6, 6.07) is 7.81. The number of nitrogens with one attached hydrogen (secondary N) is 1. The van der Waals surface area contributed by atoms with Gasteiger partial charge in [-0.05, 0) is 54.6 Å². The summed E-state index contributed by atoms with van der Waals surface area (Å²) >= 11 is 2.23. The second kappa shape index (κ2) is 6.19. The molecule has 0 aromatic heterocycles. The Labute approximate surface area is 127 Å². The molecule has 0 spiro atoms. The molecule has 0 bridgehead atoms. The van der Waals surface area contributed by atoms with E-state index in [4.69, 9.17) is 4.74 Å². The van der Waals surface area contributed by atoms with Crippen molar-refractivity contribution in [2.75, 3.05) is 31.6 Å². The van der Waals surface area contributed by atoms with Crippen LogP contribution in [0, 0.1) is 3.57 Å². The largest absolute Gasteiger partial charge is 0.378 e. The number of amides is 1. The lowest BCUT2D eigenvalue weighted by Gasteiger charge is -2.41. The third kappa shape index (κ3) is 4.15. The fourth-order valence-corrected chi connectivity index (χ4v) is 2.67. The minimum atomic E-state index is -0.0826. The first-order chi connectivity index (χ1) is 8.97. The second-order valence-corrected chi connectivity index (χ2v) is 6.59. The molecule has 4 nitrogen and oxygen atoms in total. The molecule has 0 saturated carbocycles. The van der Waals surface area contributed by atoms with E-state index in [1.807, 2.05) is 24.3 Å². The maximum atomic E-state index is 12.1. The predicted octanol–water partition coefficient (Wildman–Crippen LogP) is 2.34. The molecule has 0 unspecified atom stereocenters. The van der Waals surface area contributed by atoms with Gasteiger partial charge in [0.15, 0.2) is 0 Å². The van der Waals surface area contributed by atoms with E-state index in [1.54, 1.807) is 0 Å². The Hall–Kier alpha value is -0.660. The molecule has 1 amide bonds. The van der Waals surface area contributed by atoms with Crippen molar-refractivity contribution in [3.63, 3.8) is 0 Å². The summed E-state index contributed by atoms with van der Waals surface area (Å²) in [5, 5.41) is 2.94. The number of carbonyl (C=O) groups is 1. The SMILES string of the molecule is CC1(C)COCCN1CC(=O)Nc1cccc(I)c1. The van der Waals surface area contributed by atoms with Gasteiger partial charge in [-0.25, -0.2) is 0 Å². The molecular formula is C14H19IN2O2. The number of anilines is 1. The van der Waals surface area contributed by atoms with Crippen LogP contribution >= 0.6 is 22.6 Å². The van der Waals surface area contributed by atoms with Gasteiger partial charge in [0, 0.05) is 21.3 Å². The Bertz CT molecular complexity index is 463. The van der Waals surface area contributed by atoms with Crippen molar-refractivity contribution in [2.45, 2.75) is 19.4 Å². The number of nitrogens with zero attached hydrogens (tertiary/aromatic N) is 1. The molecule has 0 radical (unpaired) electrons. The number of ether oxygens (including phenoxy) is 1.